The molecule has 22 heavy (non-hydrogen) atoms. The van der Waals surface area contributed by atoms with E-state index >= 15 is 0 Å². The second-order valence-electron chi connectivity index (χ2n) is 5.39. The lowest BCUT2D eigenvalue weighted by molar-refractivity contribution is 0.0950. The van der Waals surface area contributed by atoms with E-state index in [0.29, 0.717) is 12.2 Å². The minimum atomic E-state index is -0.0946. The number of pyridine rings is 1. The number of rotatable bonds is 5. The number of nitrogens with one attached hydrogen (secondary N) is 1. The molecule has 1 aliphatic rings. The van der Waals surface area contributed by atoms with E-state index < -0.39 is 0 Å². The summed E-state index contributed by atoms with van der Waals surface area (Å²) >= 11 is 1.47. The van der Waals surface area contributed by atoms with E-state index in [4.69, 9.17) is 0 Å². The molecular formula is C17H19N3OS. The van der Waals surface area contributed by atoms with E-state index in [2.05, 4.69) is 21.4 Å². The first kappa shape index (κ1) is 14.9. The number of hydrogen-bond donors (Lipinski definition) is 1. The van der Waals surface area contributed by atoms with Gasteiger partial charge in [-0.3, -0.25) is 9.78 Å². The van der Waals surface area contributed by atoms with Gasteiger partial charge in [-0.2, -0.15) is 0 Å². The molecule has 0 unspecified atom stereocenters. The van der Waals surface area contributed by atoms with Crippen molar-refractivity contribution in [1.29, 1.82) is 0 Å². The van der Waals surface area contributed by atoms with Crippen LogP contribution in [0.5, 0.6) is 0 Å². The molecule has 0 saturated heterocycles. The molecule has 0 aromatic carbocycles. The van der Waals surface area contributed by atoms with Crippen molar-refractivity contribution in [1.82, 2.24) is 15.3 Å². The monoisotopic (exact) mass is 313 g/mol. The second-order valence-corrected chi connectivity index (χ2v) is 6.25. The largest absolute Gasteiger partial charge is 0.350 e. The zero-order valence-electron chi connectivity index (χ0n) is 12.4. The van der Waals surface area contributed by atoms with Gasteiger partial charge in [0.25, 0.3) is 5.91 Å². The van der Waals surface area contributed by atoms with Crippen LogP contribution in [-0.4, -0.2) is 22.4 Å². The quantitative estimate of drug-likeness (QED) is 0.854. The molecule has 2 aromatic heterocycles. The molecule has 114 valence electrons. The van der Waals surface area contributed by atoms with Gasteiger partial charge in [-0.05, 0) is 44.2 Å². The summed E-state index contributed by atoms with van der Waals surface area (Å²) in [7, 11) is 0. The first-order chi connectivity index (χ1) is 10.8. The van der Waals surface area contributed by atoms with Gasteiger partial charge in [0.05, 0.1) is 0 Å². The molecule has 4 nitrogen and oxygen atoms in total. The molecule has 0 radical (unpaired) electrons. The molecule has 1 aliphatic carbocycles. The molecule has 1 amide bonds. The highest BCUT2D eigenvalue weighted by Gasteiger charge is 2.12. The van der Waals surface area contributed by atoms with Crippen LogP contribution in [0.25, 0.3) is 10.6 Å². The molecule has 1 N–H and O–H groups in total. The van der Waals surface area contributed by atoms with Crippen LogP contribution in [0.15, 0.2) is 41.6 Å². The molecule has 0 fully saturated rings. The Bertz CT molecular complexity index is 664. The van der Waals surface area contributed by atoms with Crippen molar-refractivity contribution in [2.75, 3.05) is 6.54 Å². The van der Waals surface area contributed by atoms with Crippen LogP contribution in [0.2, 0.25) is 0 Å². The van der Waals surface area contributed by atoms with Crippen LogP contribution >= 0.6 is 11.3 Å². The van der Waals surface area contributed by atoms with Crippen LogP contribution in [0.3, 0.4) is 0 Å². The lowest BCUT2D eigenvalue weighted by Crippen LogP contribution is -2.25. The fourth-order valence-electron chi connectivity index (χ4n) is 2.56. The highest BCUT2D eigenvalue weighted by Crippen LogP contribution is 2.23. The van der Waals surface area contributed by atoms with E-state index in [0.717, 1.165) is 17.0 Å². The van der Waals surface area contributed by atoms with Gasteiger partial charge in [0.1, 0.15) is 10.7 Å². The predicted octanol–water partition coefficient (Wildman–Crippen LogP) is 3.83. The van der Waals surface area contributed by atoms with Crippen molar-refractivity contribution in [3.63, 3.8) is 0 Å². The van der Waals surface area contributed by atoms with E-state index in [1.54, 1.807) is 17.8 Å². The van der Waals surface area contributed by atoms with E-state index in [1.165, 1.54) is 42.6 Å². The van der Waals surface area contributed by atoms with Crippen molar-refractivity contribution in [2.24, 2.45) is 0 Å². The Labute approximate surface area is 134 Å². The SMILES string of the molecule is O=C(NCCC1=CCCCC1)c1csc(-c2cccnc2)n1. The van der Waals surface area contributed by atoms with Gasteiger partial charge in [-0.15, -0.1) is 11.3 Å². The predicted molar refractivity (Wildman–Crippen MR) is 88.8 cm³/mol. The van der Waals surface area contributed by atoms with Gasteiger partial charge in [0, 0.05) is 29.9 Å². The van der Waals surface area contributed by atoms with E-state index in [9.17, 15) is 4.79 Å². The maximum atomic E-state index is 12.1. The Morgan fingerprint density at radius 3 is 3.09 bits per heavy atom. The standard InChI is InChI=1S/C17H19N3OS/c21-16(19-10-8-13-5-2-1-3-6-13)15-12-22-17(20-15)14-7-4-9-18-11-14/h4-5,7,9,11-12H,1-3,6,8,10H2,(H,19,21). The average Bonchev–Trinajstić information content (AvgIpc) is 3.07. The van der Waals surface area contributed by atoms with Crippen molar-refractivity contribution in [3.8, 4) is 10.6 Å². The zero-order chi connectivity index (χ0) is 15.2. The van der Waals surface area contributed by atoms with Gasteiger partial charge in [-0.25, -0.2) is 4.98 Å². The molecule has 2 heterocycles. The number of amides is 1. The van der Waals surface area contributed by atoms with E-state index in [-0.39, 0.29) is 5.91 Å². The molecular weight excluding hydrogens is 294 g/mol. The van der Waals surface area contributed by atoms with Gasteiger partial charge >= 0.3 is 0 Å². The number of nitrogens with zero attached hydrogens (tertiary/aromatic N) is 2. The summed E-state index contributed by atoms with van der Waals surface area (Å²) < 4.78 is 0. The lowest BCUT2D eigenvalue weighted by Gasteiger charge is -2.12. The van der Waals surface area contributed by atoms with Gasteiger partial charge in [0.15, 0.2) is 0 Å². The Hall–Kier alpha value is -2.01. The van der Waals surface area contributed by atoms with Crippen LogP contribution in [0.4, 0.5) is 0 Å². The minimum absolute atomic E-state index is 0.0946. The van der Waals surface area contributed by atoms with Crippen LogP contribution < -0.4 is 5.32 Å². The molecule has 0 saturated carbocycles. The smallest absolute Gasteiger partial charge is 0.270 e. The van der Waals surface area contributed by atoms with Crippen molar-refractivity contribution in [3.05, 3.63) is 47.2 Å². The van der Waals surface area contributed by atoms with Crippen LogP contribution in [0.1, 0.15) is 42.6 Å². The van der Waals surface area contributed by atoms with Gasteiger partial charge in [-0.1, -0.05) is 11.6 Å². The summed E-state index contributed by atoms with van der Waals surface area (Å²) in [6.07, 6.45) is 11.7. The molecule has 0 spiro atoms. The number of aromatic nitrogens is 2. The average molecular weight is 313 g/mol. The number of allylic oxidation sites excluding steroid dienone is 1. The topological polar surface area (TPSA) is 54.9 Å². The van der Waals surface area contributed by atoms with Crippen LogP contribution in [0, 0.1) is 0 Å². The highest BCUT2D eigenvalue weighted by molar-refractivity contribution is 7.13. The summed E-state index contributed by atoms with van der Waals surface area (Å²) in [4.78, 5) is 20.6. The normalized spacial score (nSPS) is 14.5. The molecule has 2 aromatic rings. The highest BCUT2D eigenvalue weighted by atomic mass is 32.1. The molecule has 3 rings (SSSR count). The molecule has 5 heteroatoms. The maximum absolute atomic E-state index is 12.1. The minimum Gasteiger partial charge on any atom is -0.350 e. The van der Waals surface area contributed by atoms with Gasteiger partial charge in [0.2, 0.25) is 0 Å². The second kappa shape index (κ2) is 7.31. The summed E-state index contributed by atoms with van der Waals surface area (Å²) in [6.45, 7) is 0.685. The molecule has 0 aliphatic heterocycles. The Kier molecular flexibility index (Phi) is 4.96. The lowest BCUT2D eigenvalue weighted by atomic mass is 9.97. The number of hydrogen-bond acceptors (Lipinski definition) is 4. The van der Waals surface area contributed by atoms with Gasteiger partial charge < -0.3 is 5.32 Å². The Morgan fingerprint density at radius 1 is 1.36 bits per heavy atom. The first-order valence-corrected chi connectivity index (χ1v) is 8.53. The van der Waals surface area contributed by atoms with Crippen molar-refractivity contribution >= 4 is 17.2 Å². The van der Waals surface area contributed by atoms with E-state index in [1.807, 2.05) is 12.1 Å². The molecule has 0 bridgehead atoms. The summed E-state index contributed by atoms with van der Waals surface area (Å²) in [5, 5.41) is 5.59. The summed E-state index contributed by atoms with van der Waals surface area (Å²) in [5.74, 6) is -0.0946. The maximum Gasteiger partial charge on any atom is 0.270 e. The fourth-order valence-corrected chi connectivity index (χ4v) is 3.35. The first-order valence-electron chi connectivity index (χ1n) is 7.65. The molecule has 0 atom stereocenters. The van der Waals surface area contributed by atoms with Crippen molar-refractivity contribution in [2.45, 2.75) is 32.1 Å². The van der Waals surface area contributed by atoms with Crippen LogP contribution in [-0.2, 0) is 0 Å². The third-order valence-corrected chi connectivity index (χ3v) is 4.65. The number of thiazole rings is 1. The third-order valence-electron chi connectivity index (χ3n) is 3.76. The number of carbonyl (C=O) groups is 1. The summed E-state index contributed by atoms with van der Waals surface area (Å²) in [5.41, 5.74) is 2.90. The van der Waals surface area contributed by atoms with Crippen molar-refractivity contribution < 1.29 is 4.79 Å². The summed E-state index contributed by atoms with van der Waals surface area (Å²) in [6, 6.07) is 3.82. The Balaban J connectivity index is 1.54. The fraction of sp³-hybridized carbons (Fsp3) is 0.353. The third kappa shape index (κ3) is 3.80. The Morgan fingerprint density at radius 2 is 2.32 bits per heavy atom. The zero-order valence-corrected chi connectivity index (χ0v) is 13.2. The number of carbonyl (C=O) groups excluding carboxylic acids is 1.